The van der Waals surface area contributed by atoms with Gasteiger partial charge in [-0.1, -0.05) is 11.3 Å². The molecular weight excluding hydrogens is 286 g/mol. The molecule has 0 aliphatic carbocycles. The number of methoxy groups -OCH3 is 1. The minimum absolute atomic E-state index is 0.756. The number of aromatic nitrogens is 3. The molecule has 0 aliphatic heterocycles. The monoisotopic (exact) mass is 297 g/mol. The van der Waals surface area contributed by atoms with Crippen LogP contribution < -0.4 is 4.74 Å². The molecule has 0 saturated heterocycles. The number of rotatable bonds is 3. The van der Waals surface area contributed by atoms with Crippen LogP contribution in [0.4, 0.5) is 0 Å². The maximum atomic E-state index is 5.38. The second-order valence-corrected chi connectivity index (χ2v) is 5.41. The van der Waals surface area contributed by atoms with Gasteiger partial charge in [-0.05, 0) is 36.4 Å². The smallest absolute Gasteiger partial charge is 0.213 e. The molecule has 0 N–H and O–H groups in total. The topological polar surface area (TPSA) is 52.6 Å². The molecule has 0 aliphatic rings. The van der Waals surface area contributed by atoms with Gasteiger partial charge in [0.2, 0.25) is 4.96 Å². The van der Waals surface area contributed by atoms with Crippen molar-refractivity contribution in [3.05, 3.63) is 48.9 Å². The van der Waals surface area contributed by atoms with Gasteiger partial charge in [0, 0.05) is 5.56 Å². The Bertz CT molecular complexity index is 876. The number of hydrogen-bond donors (Lipinski definition) is 0. The minimum Gasteiger partial charge on any atom is -0.497 e. The van der Waals surface area contributed by atoms with Crippen LogP contribution in [-0.2, 0) is 0 Å². The third-order valence-corrected chi connectivity index (χ3v) is 4.14. The standard InChI is InChI=1S/C15H11N3O2S/c1-19-11-6-4-10(5-7-11)12-9-16-15-18(12)17-14(21-15)13-3-2-8-20-13/h2-9H,1H3. The Morgan fingerprint density at radius 1 is 1.19 bits per heavy atom. The van der Waals surface area contributed by atoms with Gasteiger partial charge < -0.3 is 9.15 Å². The van der Waals surface area contributed by atoms with Crippen molar-refractivity contribution in [2.24, 2.45) is 0 Å². The first-order valence-corrected chi connectivity index (χ1v) is 7.19. The summed E-state index contributed by atoms with van der Waals surface area (Å²) in [7, 11) is 1.65. The second-order valence-electron chi connectivity index (χ2n) is 4.45. The van der Waals surface area contributed by atoms with Crippen molar-refractivity contribution in [1.82, 2.24) is 14.6 Å². The summed E-state index contributed by atoms with van der Waals surface area (Å²) < 4.78 is 12.4. The molecule has 0 atom stereocenters. The molecule has 4 rings (SSSR count). The zero-order chi connectivity index (χ0) is 14.2. The fourth-order valence-corrected chi connectivity index (χ4v) is 2.99. The van der Waals surface area contributed by atoms with Crippen LogP contribution in [0.25, 0.3) is 27.0 Å². The Morgan fingerprint density at radius 2 is 2.05 bits per heavy atom. The molecule has 4 aromatic rings. The molecule has 21 heavy (non-hydrogen) atoms. The zero-order valence-corrected chi connectivity index (χ0v) is 12.0. The lowest BCUT2D eigenvalue weighted by molar-refractivity contribution is 0.415. The van der Waals surface area contributed by atoms with Gasteiger partial charge in [0.05, 0.1) is 25.3 Å². The van der Waals surface area contributed by atoms with Crippen molar-refractivity contribution in [3.63, 3.8) is 0 Å². The summed E-state index contributed by atoms with van der Waals surface area (Å²) in [5.74, 6) is 1.58. The lowest BCUT2D eigenvalue weighted by atomic mass is 10.2. The molecule has 1 aromatic carbocycles. The summed E-state index contributed by atoms with van der Waals surface area (Å²) in [5, 5.41) is 5.40. The molecular formula is C15H11N3O2S. The summed E-state index contributed by atoms with van der Waals surface area (Å²) in [6.07, 6.45) is 3.47. The third-order valence-electron chi connectivity index (χ3n) is 3.20. The van der Waals surface area contributed by atoms with E-state index in [0.29, 0.717) is 0 Å². The summed E-state index contributed by atoms with van der Waals surface area (Å²) in [5.41, 5.74) is 1.99. The first kappa shape index (κ1) is 12.2. The van der Waals surface area contributed by atoms with Gasteiger partial charge in [0.15, 0.2) is 10.8 Å². The lowest BCUT2D eigenvalue weighted by Crippen LogP contribution is -1.89. The molecule has 3 heterocycles. The maximum absolute atomic E-state index is 5.38. The average Bonchev–Trinajstić information content (AvgIpc) is 3.23. The first-order valence-electron chi connectivity index (χ1n) is 6.38. The molecule has 0 radical (unpaired) electrons. The Kier molecular flexibility index (Phi) is 2.75. The normalized spacial score (nSPS) is 11.1. The highest BCUT2D eigenvalue weighted by Crippen LogP contribution is 2.29. The van der Waals surface area contributed by atoms with Crippen molar-refractivity contribution in [2.75, 3.05) is 7.11 Å². The van der Waals surface area contributed by atoms with Crippen LogP contribution in [0.2, 0.25) is 0 Å². The predicted molar refractivity (Wildman–Crippen MR) is 80.6 cm³/mol. The number of furan rings is 1. The molecule has 3 aromatic heterocycles. The molecule has 0 unspecified atom stereocenters. The van der Waals surface area contributed by atoms with Gasteiger partial charge in [-0.2, -0.15) is 5.10 Å². The Hall–Kier alpha value is -2.60. The van der Waals surface area contributed by atoms with E-state index in [1.807, 2.05) is 47.1 Å². The molecule has 0 spiro atoms. The van der Waals surface area contributed by atoms with E-state index in [4.69, 9.17) is 9.15 Å². The van der Waals surface area contributed by atoms with Gasteiger partial charge >= 0.3 is 0 Å². The molecule has 0 amide bonds. The van der Waals surface area contributed by atoms with E-state index in [9.17, 15) is 0 Å². The number of nitrogens with zero attached hydrogens (tertiary/aromatic N) is 3. The van der Waals surface area contributed by atoms with Crippen LogP contribution in [-0.4, -0.2) is 21.7 Å². The summed E-state index contributed by atoms with van der Waals surface area (Å²) >= 11 is 1.50. The van der Waals surface area contributed by atoms with Crippen molar-refractivity contribution in [3.8, 4) is 27.8 Å². The SMILES string of the molecule is COc1ccc(-c2cnc3sc(-c4ccco4)nn23)cc1. The minimum atomic E-state index is 0.756. The first-order chi connectivity index (χ1) is 10.3. The molecule has 6 heteroatoms. The molecule has 0 bridgehead atoms. The highest BCUT2D eigenvalue weighted by Gasteiger charge is 2.14. The number of hydrogen-bond acceptors (Lipinski definition) is 5. The third kappa shape index (κ3) is 2.00. The summed E-state index contributed by atoms with van der Waals surface area (Å²) in [6.45, 7) is 0. The van der Waals surface area contributed by atoms with E-state index in [2.05, 4.69) is 10.1 Å². The van der Waals surface area contributed by atoms with Crippen LogP contribution in [0.3, 0.4) is 0 Å². The largest absolute Gasteiger partial charge is 0.497 e. The molecule has 0 fully saturated rings. The fraction of sp³-hybridized carbons (Fsp3) is 0.0667. The number of ether oxygens (including phenoxy) is 1. The molecule has 104 valence electrons. The van der Waals surface area contributed by atoms with E-state index in [-0.39, 0.29) is 0 Å². The van der Waals surface area contributed by atoms with E-state index in [0.717, 1.165) is 32.7 Å². The van der Waals surface area contributed by atoms with E-state index in [1.165, 1.54) is 11.3 Å². The number of benzene rings is 1. The average molecular weight is 297 g/mol. The summed E-state index contributed by atoms with van der Waals surface area (Å²) in [4.78, 5) is 5.25. The van der Waals surface area contributed by atoms with Crippen molar-refractivity contribution in [2.45, 2.75) is 0 Å². The van der Waals surface area contributed by atoms with Crippen LogP contribution in [0.1, 0.15) is 0 Å². The van der Waals surface area contributed by atoms with Crippen molar-refractivity contribution in [1.29, 1.82) is 0 Å². The van der Waals surface area contributed by atoms with E-state index in [1.54, 1.807) is 13.4 Å². The second kappa shape index (κ2) is 4.75. The van der Waals surface area contributed by atoms with E-state index < -0.39 is 0 Å². The maximum Gasteiger partial charge on any atom is 0.213 e. The molecule has 0 saturated carbocycles. The van der Waals surface area contributed by atoms with Gasteiger partial charge in [0.25, 0.3) is 0 Å². The lowest BCUT2D eigenvalue weighted by Gasteiger charge is -2.01. The van der Waals surface area contributed by atoms with Crippen LogP contribution in [0.5, 0.6) is 5.75 Å². The van der Waals surface area contributed by atoms with Crippen molar-refractivity contribution >= 4 is 16.3 Å². The Morgan fingerprint density at radius 3 is 2.76 bits per heavy atom. The van der Waals surface area contributed by atoms with Gasteiger partial charge in [-0.25, -0.2) is 9.50 Å². The Labute approximate surface area is 124 Å². The van der Waals surface area contributed by atoms with Gasteiger partial charge in [-0.15, -0.1) is 0 Å². The van der Waals surface area contributed by atoms with Gasteiger partial charge in [-0.3, -0.25) is 0 Å². The van der Waals surface area contributed by atoms with Crippen LogP contribution in [0.15, 0.2) is 53.3 Å². The zero-order valence-electron chi connectivity index (χ0n) is 11.2. The number of imidazole rings is 1. The molecule has 5 nitrogen and oxygen atoms in total. The van der Waals surface area contributed by atoms with E-state index >= 15 is 0 Å². The predicted octanol–water partition coefficient (Wildman–Crippen LogP) is 3.73. The van der Waals surface area contributed by atoms with Crippen molar-refractivity contribution < 1.29 is 9.15 Å². The fourth-order valence-electron chi connectivity index (χ4n) is 2.15. The van der Waals surface area contributed by atoms with Crippen LogP contribution >= 0.6 is 11.3 Å². The summed E-state index contributed by atoms with van der Waals surface area (Å²) in [6, 6.07) is 11.6. The van der Waals surface area contributed by atoms with Gasteiger partial charge in [0.1, 0.15) is 5.75 Å². The quantitative estimate of drug-likeness (QED) is 0.578. The highest BCUT2D eigenvalue weighted by molar-refractivity contribution is 7.19. The van der Waals surface area contributed by atoms with Crippen LogP contribution in [0, 0.1) is 0 Å². The highest BCUT2D eigenvalue weighted by atomic mass is 32.1. The number of fused-ring (bicyclic) bond motifs is 1. The Balaban J connectivity index is 1.81.